The first-order chi connectivity index (χ1) is 13.9. The standard InChI is InChI=1S/C21H19ClN4O2S/c1-13(14-7-9-15(22)10-8-14)26-18(11-12-23-26)25-20(28)21(2)19(27)24-16-5-3-4-6-17(16)29-21/h3-13H,1-2H3,(H,24,27)(H,25,28). The maximum Gasteiger partial charge on any atom is 0.251 e. The molecule has 0 aliphatic carbocycles. The van der Waals surface area contributed by atoms with E-state index in [0.29, 0.717) is 16.5 Å². The maximum atomic E-state index is 13.1. The van der Waals surface area contributed by atoms with Crippen LogP contribution in [0, 0.1) is 0 Å². The summed E-state index contributed by atoms with van der Waals surface area (Å²) in [7, 11) is 0. The fraction of sp³-hybridized carbons (Fsp3) is 0.190. The zero-order valence-corrected chi connectivity index (χ0v) is 17.4. The largest absolute Gasteiger partial charge is 0.323 e. The van der Waals surface area contributed by atoms with Crippen LogP contribution in [0.2, 0.25) is 5.02 Å². The summed E-state index contributed by atoms with van der Waals surface area (Å²) in [6.45, 7) is 3.60. The predicted octanol–water partition coefficient (Wildman–Crippen LogP) is 4.59. The van der Waals surface area contributed by atoms with Crippen molar-refractivity contribution in [1.29, 1.82) is 0 Å². The van der Waals surface area contributed by atoms with Crippen molar-refractivity contribution in [2.75, 3.05) is 10.6 Å². The van der Waals surface area contributed by atoms with Gasteiger partial charge in [0, 0.05) is 16.0 Å². The molecule has 2 unspecified atom stereocenters. The minimum absolute atomic E-state index is 0.126. The molecule has 6 nitrogen and oxygen atoms in total. The van der Waals surface area contributed by atoms with Gasteiger partial charge >= 0.3 is 0 Å². The Morgan fingerprint density at radius 2 is 1.93 bits per heavy atom. The van der Waals surface area contributed by atoms with Gasteiger partial charge in [-0.25, -0.2) is 4.68 Å². The molecule has 2 amide bonds. The van der Waals surface area contributed by atoms with Gasteiger partial charge in [-0.2, -0.15) is 5.10 Å². The molecule has 1 aliphatic heterocycles. The number of para-hydroxylation sites is 1. The number of benzene rings is 2. The first-order valence-corrected chi connectivity index (χ1v) is 10.3. The van der Waals surface area contributed by atoms with E-state index in [4.69, 9.17) is 11.6 Å². The summed E-state index contributed by atoms with van der Waals surface area (Å²) >= 11 is 7.21. The van der Waals surface area contributed by atoms with Crippen LogP contribution in [0.1, 0.15) is 25.5 Å². The highest BCUT2D eigenvalue weighted by molar-refractivity contribution is 8.02. The molecule has 8 heteroatoms. The Hall–Kier alpha value is -2.77. The van der Waals surface area contributed by atoms with Gasteiger partial charge in [-0.1, -0.05) is 47.6 Å². The number of fused-ring (bicyclic) bond motifs is 1. The smallest absolute Gasteiger partial charge is 0.251 e. The van der Waals surface area contributed by atoms with E-state index in [0.717, 1.165) is 10.5 Å². The predicted molar refractivity (Wildman–Crippen MR) is 115 cm³/mol. The maximum absolute atomic E-state index is 13.1. The molecule has 1 aliphatic rings. The Bertz CT molecular complexity index is 1080. The highest BCUT2D eigenvalue weighted by Crippen LogP contribution is 2.42. The van der Waals surface area contributed by atoms with E-state index in [1.165, 1.54) is 11.8 Å². The zero-order valence-electron chi connectivity index (χ0n) is 15.8. The third-order valence-electron chi connectivity index (χ3n) is 4.95. The Morgan fingerprint density at radius 1 is 1.21 bits per heavy atom. The van der Waals surface area contributed by atoms with E-state index in [1.54, 1.807) is 23.9 Å². The van der Waals surface area contributed by atoms with Gasteiger partial charge in [0.05, 0.1) is 17.9 Å². The van der Waals surface area contributed by atoms with Crippen molar-refractivity contribution in [2.24, 2.45) is 0 Å². The van der Waals surface area contributed by atoms with Gasteiger partial charge in [0.2, 0.25) is 5.91 Å². The van der Waals surface area contributed by atoms with E-state index < -0.39 is 10.7 Å². The lowest BCUT2D eigenvalue weighted by atomic mass is 10.1. The molecule has 2 heterocycles. The normalized spacial score (nSPS) is 19.2. The number of rotatable bonds is 4. The molecular weight excluding hydrogens is 408 g/mol. The molecule has 148 valence electrons. The van der Waals surface area contributed by atoms with Crippen molar-refractivity contribution in [3.05, 3.63) is 71.4 Å². The third-order valence-corrected chi connectivity index (χ3v) is 6.55. The first-order valence-electron chi connectivity index (χ1n) is 9.08. The molecule has 0 radical (unpaired) electrons. The van der Waals surface area contributed by atoms with Gasteiger partial charge in [-0.15, -0.1) is 0 Å². The summed E-state index contributed by atoms with van der Waals surface area (Å²) in [6, 6.07) is 16.5. The molecular formula is C21H19ClN4O2S. The van der Waals surface area contributed by atoms with Gasteiger partial charge in [-0.3, -0.25) is 9.59 Å². The molecule has 2 N–H and O–H groups in total. The number of aromatic nitrogens is 2. The molecule has 0 spiro atoms. The minimum Gasteiger partial charge on any atom is -0.323 e. The fourth-order valence-corrected chi connectivity index (χ4v) is 4.39. The second-order valence-corrected chi connectivity index (χ2v) is 8.83. The molecule has 0 saturated carbocycles. The quantitative estimate of drug-likeness (QED) is 0.598. The summed E-state index contributed by atoms with van der Waals surface area (Å²) in [5.74, 6) is -0.235. The summed E-state index contributed by atoms with van der Waals surface area (Å²) < 4.78 is 0.413. The van der Waals surface area contributed by atoms with Crippen LogP contribution in [0.3, 0.4) is 0 Å². The van der Waals surface area contributed by atoms with Crippen LogP contribution in [-0.4, -0.2) is 26.3 Å². The third kappa shape index (κ3) is 3.63. The lowest BCUT2D eigenvalue weighted by Gasteiger charge is -2.32. The van der Waals surface area contributed by atoms with Crippen LogP contribution in [0.15, 0.2) is 65.7 Å². The molecule has 0 fully saturated rings. The number of halogens is 1. The van der Waals surface area contributed by atoms with Crippen molar-refractivity contribution < 1.29 is 9.59 Å². The van der Waals surface area contributed by atoms with Crippen LogP contribution in [-0.2, 0) is 9.59 Å². The fourth-order valence-electron chi connectivity index (χ4n) is 3.16. The average molecular weight is 427 g/mol. The Morgan fingerprint density at radius 3 is 2.69 bits per heavy atom. The minimum atomic E-state index is -1.30. The monoisotopic (exact) mass is 426 g/mol. The lowest BCUT2D eigenvalue weighted by molar-refractivity contribution is -0.126. The molecule has 29 heavy (non-hydrogen) atoms. The second-order valence-electron chi connectivity index (χ2n) is 6.93. The summed E-state index contributed by atoms with van der Waals surface area (Å²) in [5.41, 5.74) is 1.72. The Labute approximate surface area is 177 Å². The van der Waals surface area contributed by atoms with Gasteiger partial charge in [-0.05, 0) is 43.7 Å². The van der Waals surface area contributed by atoms with Crippen LogP contribution in [0.25, 0.3) is 0 Å². The number of nitrogens with zero attached hydrogens (tertiary/aromatic N) is 2. The summed E-state index contributed by atoms with van der Waals surface area (Å²) in [4.78, 5) is 26.7. The molecule has 2 atom stereocenters. The van der Waals surface area contributed by atoms with Crippen molar-refractivity contribution in [3.8, 4) is 0 Å². The zero-order chi connectivity index (χ0) is 20.6. The number of hydrogen-bond donors (Lipinski definition) is 2. The van der Waals surface area contributed by atoms with Crippen LogP contribution in [0.5, 0.6) is 0 Å². The molecule has 4 rings (SSSR count). The highest BCUT2D eigenvalue weighted by atomic mass is 35.5. The van der Waals surface area contributed by atoms with Crippen molar-refractivity contribution in [1.82, 2.24) is 9.78 Å². The average Bonchev–Trinajstić information content (AvgIpc) is 3.17. The highest BCUT2D eigenvalue weighted by Gasteiger charge is 2.46. The topological polar surface area (TPSA) is 76.0 Å². The van der Waals surface area contributed by atoms with Gasteiger partial charge in [0.25, 0.3) is 5.91 Å². The van der Waals surface area contributed by atoms with Gasteiger partial charge in [0.1, 0.15) is 5.82 Å². The van der Waals surface area contributed by atoms with Gasteiger partial charge < -0.3 is 10.6 Å². The van der Waals surface area contributed by atoms with Crippen molar-refractivity contribution >= 4 is 46.7 Å². The number of anilines is 2. The molecule has 3 aromatic rings. The number of thioether (sulfide) groups is 1. The number of hydrogen-bond acceptors (Lipinski definition) is 4. The SMILES string of the molecule is CC(c1ccc(Cl)cc1)n1nccc1NC(=O)C1(C)Sc2ccccc2NC1=O. The van der Waals surface area contributed by atoms with Crippen LogP contribution >= 0.6 is 23.4 Å². The number of carbonyl (C=O) groups excluding carboxylic acids is 2. The molecule has 2 aromatic carbocycles. The summed E-state index contributed by atoms with van der Waals surface area (Å²) in [5, 5.41) is 10.7. The van der Waals surface area contributed by atoms with E-state index in [-0.39, 0.29) is 11.9 Å². The van der Waals surface area contributed by atoms with Gasteiger partial charge in [0.15, 0.2) is 4.75 Å². The summed E-state index contributed by atoms with van der Waals surface area (Å²) in [6.07, 6.45) is 1.62. The molecule has 0 saturated heterocycles. The van der Waals surface area contributed by atoms with E-state index in [9.17, 15) is 9.59 Å². The molecule has 1 aromatic heterocycles. The van der Waals surface area contributed by atoms with E-state index >= 15 is 0 Å². The van der Waals surface area contributed by atoms with Crippen molar-refractivity contribution in [3.63, 3.8) is 0 Å². The number of amides is 2. The number of nitrogens with one attached hydrogen (secondary N) is 2. The molecule has 0 bridgehead atoms. The van der Waals surface area contributed by atoms with E-state index in [2.05, 4.69) is 15.7 Å². The number of carbonyl (C=O) groups is 2. The Kier molecular flexibility index (Phi) is 5.10. The van der Waals surface area contributed by atoms with Crippen molar-refractivity contribution in [2.45, 2.75) is 29.5 Å². The second kappa shape index (κ2) is 7.57. The van der Waals surface area contributed by atoms with Crippen LogP contribution < -0.4 is 10.6 Å². The van der Waals surface area contributed by atoms with E-state index in [1.807, 2.05) is 55.5 Å². The van der Waals surface area contributed by atoms with Crippen LogP contribution in [0.4, 0.5) is 11.5 Å². The lowest BCUT2D eigenvalue weighted by Crippen LogP contribution is -2.49. The Balaban J connectivity index is 1.57. The first kappa shape index (κ1) is 19.5.